The fourth-order valence-electron chi connectivity index (χ4n) is 2.88. The first-order valence-electron chi connectivity index (χ1n) is 8.24. The van der Waals surface area contributed by atoms with Crippen LogP contribution in [0.15, 0.2) is 48.7 Å². The first-order valence-corrected chi connectivity index (χ1v) is 8.24. The van der Waals surface area contributed by atoms with Crippen molar-refractivity contribution in [3.8, 4) is 17.0 Å². The maximum atomic E-state index is 13.1. The van der Waals surface area contributed by atoms with E-state index in [-0.39, 0.29) is 5.82 Å². The molecule has 0 saturated carbocycles. The number of methoxy groups -OCH3 is 1. The highest BCUT2D eigenvalue weighted by molar-refractivity contribution is 5.76. The summed E-state index contributed by atoms with van der Waals surface area (Å²) in [5.74, 6) is 1.39. The molecule has 132 valence electrons. The summed E-state index contributed by atoms with van der Waals surface area (Å²) < 4.78 is 18.3. The molecular weight excluding hydrogens is 333 g/mol. The summed E-state index contributed by atoms with van der Waals surface area (Å²) in [5, 5.41) is 10.4. The van der Waals surface area contributed by atoms with E-state index in [1.807, 2.05) is 18.2 Å². The van der Waals surface area contributed by atoms with Gasteiger partial charge in [0.15, 0.2) is 0 Å². The van der Waals surface area contributed by atoms with Crippen molar-refractivity contribution in [3.63, 3.8) is 0 Å². The molecule has 0 unspecified atom stereocenters. The van der Waals surface area contributed by atoms with E-state index < -0.39 is 0 Å². The minimum Gasteiger partial charge on any atom is -0.497 e. The molecular formula is C19H18FN5O. The van der Waals surface area contributed by atoms with Gasteiger partial charge in [-0.15, -0.1) is 0 Å². The second-order valence-corrected chi connectivity index (χ2v) is 5.95. The maximum Gasteiger partial charge on any atom is 0.123 e. The van der Waals surface area contributed by atoms with Crippen LogP contribution in [0.2, 0.25) is 0 Å². The summed E-state index contributed by atoms with van der Waals surface area (Å²) in [5.41, 5.74) is 4.63. The van der Waals surface area contributed by atoms with Crippen LogP contribution in [-0.4, -0.2) is 27.3 Å². The Morgan fingerprint density at radius 1 is 1.12 bits per heavy atom. The molecule has 0 aliphatic heterocycles. The highest BCUT2D eigenvalue weighted by Crippen LogP contribution is 2.22. The fraction of sp³-hybridized carbons (Fsp3) is 0.158. The van der Waals surface area contributed by atoms with E-state index in [1.165, 1.54) is 12.1 Å². The Bertz CT molecular complexity index is 1020. The van der Waals surface area contributed by atoms with Gasteiger partial charge in [0.05, 0.1) is 36.6 Å². The number of fused-ring (bicyclic) bond motifs is 1. The number of nitrogens with zero attached hydrogens (tertiary/aromatic N) is 2. The molecule has 6 nitrogen and oxygen atoms in total. The Hall–Kier alpha value is -3.19. The maximum absolute atomic E-state index is 13.1. The van der Waals surface area contributed by atoms with Crippen LogP contribution in [0.1, 0.15) is 11.4 Å². The summed E-state index contributed by atoms with van der Waals surface area (Å²) >= 11 is 0. The highest BCUT2D eigenvalue weighted by Gasteiger charge is 2.09. The van der Waals surface area contributed by atoms with Gasteiger partial charge < -0.3 is 15.0 Å². The Labute approximate surface area is 149 Å². The van der Waals surface area contributed by atoms with Gasteiger partial charge in [-0.25, -0.2) is 9.37 Å². The number of aromatic amines is 2. The summed E-state index contributed by atoms with van der Waals surface area (Å²) in [6.45, 7) is 1.20. The van der Waals surface area contributed by atoms with Crippen molar-refractivity contribution in [2.24, 2.45) is 0 Å². The van der Waals surface area contributed by atoms with Gasteiger partial charge in [0, 0.05) is 23.7 Å². The first kappa shape index (κ1) is 16.3. The van der Waals surface area contributed by atoms with Gasteiger partial charge in [0.2, 0.25) is 0 Å². The molecule has 0 saturated heterocycles. The molecule has 0 fully saturated rings. The molecule has 2 heterocycles. The van der Waals surface area contributed by atoms with Gasteiger partial charge >= 0.3 is 0 Å². The lowest BCUT2D eigenvalue weighted by Crippen LogP contribution is -2.13. The van der Waals surface area contributed by atoms with Gasteiger partial charge in [-0.3, -0.25) is 5.10 Å². The second-order valence-electron chi connectivity index (χ2n) is 5.95. The average molecular weight is 351 g/mol. The Morgan fingerprint density at radius 2 is 1.96 bits per heavy atom. The van der Waals surface area contributed by atoms with Crippen molar-refractivity contribution in [2.75, 3.05) is 7.11 Å². The second kappa shape index (κ2) is 6.97. The minimum atomic E-state index is -0.255. The van der Waals surface area contributed by atoms with Crippen molar-refractivity contribution in [3.05, 3.63) is 65.9 Å². The summed E-state index contributed by atoms with van der Waals surface area (Å²) in [4.78, 5) is 7.84. The largest absolute Gasteiger partial charge is 0.497 e. The van der Waals surface area contributed by atoms with Crippen LogP contribution >= 0.6 is 0 Å². The third-order valence-corrected chi connectivity index (χ3v) is 4.20. The molecule has 7 heteroatoms. The Morgan fingerprint density at radius 3 is 2.77 bits per heavy atom. The van der Waals surface area contributed by atoms with Crippen molar-refractivity contribution in [2.45, 2.75) is 13.1 Å². The lowest BCUT2D eigenvalue weighted by Gasteiger charge is -2.05. The number of ether oxygens (including phenoxy) is 1. The summed E-state index contributed by atoms with van der Waals surface area (Å²) in [6, 6.07) is 12.1. The molecule has 0 atom stereocenters. The minimum absolute atomic E-state index is 0.255. The first-order chi connectivity index (χ1) is 12.7. The molecule has 26 heavy (non-hydrogen) atoms. The number of benzene rings is 2. The summed E-state index contributed by atoms with van der Waals surface area (Å²) in [6.07, 6.45) is 1.77. The highest BCUT2D eigenvalue weighted by atomic mass is 19.1. The molecule has 0 aliphatic rings. The van der Waals surface area contributed by atoms with Crippen LogP contribution in [-0.2, 0) is 13.1 Å². The fourth-order valence-corrected chi connectivity index (χ4v) is 2.88. The van der Waals surface area contributed by atoms with Crippen LogP contribution in [0, 0.1) is 5.82 Å². The van der Waals surface area contributed by atoms with Crippen molar-refractivity contribution >= 4 is 11.0 Å². The smallest absolute Gasteiger partial charge is 0.123 e. The molecule has 2 aromatic heterocycles. The van der Waals surface area contributed by atoms with Crippen LogP contribution in [0.3, 0.4) is 0 Å². The van der Waals surface area contributed by atoms with Gasteiger partial charge in [0.1, 0.15) is 17.4 Å². The zero-order valence-electron chi connectivity index (χ0n) is 14.2. The van der Waals surface area contributed by atoms with E-state index in [1.54, 1.807) is 25.4 Å². The molecule has 0 radical (unpaired) electrons. The van der Waals surface area contributed by atoms with Crippen molar-refractivity contribution in [1.82, 2.24) is 25.5 Å². The van der Waals surface area contributed by atoms with E-state index in [4.69, 9.17) is 4.74 Å². The normalized spacial score (nSPS) is 11.2. The third kappa shape index (κ3) is 3.29. The lowest BCUT2D eigenvalue weighted by atomic mass is 10.1. The zero-order chi connectivity index (χ0) is 17.9. The van der Waals surface area contributed by atoms with Crippen LogP contribution < -0.4 is 10.1 Å². The number of imidazole rings is 1. The average Bonchev–Trinajstić information content (AvgIpc) is 3.28. The number of aromatic nitrogens is 4. The monoisotopic (exact) mass is 351 g/mol. The Balaban J connectivity index is 1.44. The molecule has 3 N–H and O–H groups in total. The zero-order valence-corrected chi connectivity index (χ0v) is 14.2. The third-order valence-electron chi connectivity index (χ3n) is 4.20. The standard InChI is InChI=1S/C19H18FN5O/c1-26-15-6-7-16-17(8-15)24-18(23-16)11-21-9-13-10-22-25-19(13)12-2-4-14(20)5-3-12/h2-8,10,21H,9,11H2,1H3,(H,22,25)(H,23,24). The van der Waals surface area contributed by atoms with Crippen LogP contribution in [0.5, 0.6) is 5.75 Å². The van der Waals surface area contributed by atoms with Gasteiger partial charge in [0.25, 0.3) is 0 Å². The molecule has 2 aromatic carbocycles. The van der Waals surface area contributed by atoms with Crippen LogP contribution in [0.25, 0.3) is 22.3 Å². The number of nitrogens with one attached hydrogen (secondary N) is 3. The molecule has 0 spiro atoms. The van der Waals surface area contributed by atoms with E-state index in [9.17, 15) is 4.39 Å². The quantitative estimate of drug-likeness (QED) is 0.497. The van der Waals surface area contributed by atoms with Crippen molar-refractivity contribution < 1.29 is 9.13 Å². The predicted octanol–water partition coefficient (Wildman–Crippen LogP) is 3.39. The molecule has 0 amide bonds. The van der Waals surface area contributed by atoms with E-state index >= 15 is 0 Å². The van der Waals surface area contributed by atoms with E-state index in [2.05, 4.69) is 25.5 Å². The molecule has 0 aliphatic carbocycles. The van der Waals surface area contributed by atoms with E-state index in [0.717, 1.165) is 39.4 Å². The van der Waals surface area contributed by atoms with Crippen LogP contribution in [0.4, 0.5) is 4.39 Å². The molecule has 4 aromatic rings. The number of hydrogen-bond acceptors (Lipinski definition) is 4. The van der Waals surface area contributed by atoms with Gasteiger partial charge in [-0.2, -0.15) is 5.10 Å². The van der Waals surface area contributed by atoms with Crippen molar-refractivity contribution in [1.29, 1.82) is 0 Å². The SMILES string of the molecule is COc1ccc2nc(CNCc3cn[nH]c3-c3ccc(F)cc3)[nH]c2c1. The number of H-pyrrole nitrogens is 2. The Kier molecular flexibility index (Phi) is 4.37. The lowest BCUT2D eigenvalue weighted by molar-refractivity contribution is 0.415. The number of rotatable bonds is 6. The van der Waals surface area contributed by atoms with Gasteiger partial charge in [-0.1, -0.05) is 0 Å². The number of halogens is 1. The summed E-state index contributed by atoms with van der Waals surface area (Å²) in [7, 11) is 1.64. The topological polar surface area (TPSA) is 78.6 Å². The van der Waals surface area contributed by atoms with Gasteiger partial charge in [-0.05, 0) is 36.4 Å². The predicted molar refractivity (Wildman–Crippen MR) is 97.2 cm³/mol. The van der Waals surface area contributed by atoms with E-state index in [0.29, 0.717) is 13.1 Å². The molecule has 0 bridgehead atoms. The number of hydrogen-bond donors (Lipinski definition) is 3. The molecule has 4 rings (SSSR count).